The molecule has 0 aromatic carbocycles. The molecule has 0 bridgehead atoms. The molecule has 0 spiro atoms. The zero-order chi connectivity index (χ0) is 8.23. The Morgan fingerprint density at radius 1 is 1.58 bits per heavy atom. The average Bonchev–Trinajstić information content (AvgIpc) is 2.21. The van der Waals surface area contributed by atoms with Crippen LogP contribution in [0.5, 0.6) is 0 Å². The van der Waals surface area contributed by atoms with E-state index in [0.29, 0.717) is 5.37 Å². The fourth-order valence-corrected chi connectivity index (χ4v) is 2.42. The second-order valence-electron chi connectivity index (χ2n) is 2.84. The molecule has 2 nitrogen and oxygen atoms in total. The van der Waals surface area contributed by atoms with Crippen LogP contribution >= 0.6 is 11.8 Å². The Balaban J connectivity index is 2.08. The van der Waals surface area contributed by atoms with Gasteiger partial charge in [-0.3, -0.25) is 4.98 Å². The third kappa shape index (κ3) is 1.79. The predicted molar refractivity (Wildman–Crippen MR) is 52.1 cm³/mol. The highest BCUT2D eigenvalue weighted by Crippen LogP contribution is 2.28. The lowest BCUT2D eigenvalue weighted by Gasteiger charge is -2.22. The molecule has 1 aliphatic heterocycles. The van der Waals surface area contributed by atoms with Crippen molar-refractivity contribution in [3.8, 4) is 0 Å². The molecule has 12 heavy (non-hydrogen) atoms. The Bertz CT molecular complexity index is 232. The third-order valence-electron chi connectivity index (χ3n) is 1.92. The van der Waals surface area contributed by atoms with Gasteiger partial charge in [-0.25, -0.2) is 0 Å². The van der Waals surface area contributed by atoms with Gasteiger partial charge >= 0.3 is 0 Å². The summed E-state index contributed by atoms with van der Waals surface area (Å²) in [6, 6.07) is 4.12. The Hall–Kier alpha value is -0.540. The molecule has 64 valence electrons. The van der Waals surface area contributed by atoms with E-state index in [1.165, 1.54) is 17.7 Å². The van der Waals surface area contributed by atoms with Crippen LogP contribution in [0, 0.1) is 0 Å². The number of rotatable bonds is 1. The SMILES string of the molecule is c1cncc(C2NCCCS2)c1. The first kappa shape index (κ1) is 8.08. The normalized spacial score (nSPS) is 23.8. The lowest BCUT2D eigenvalue weighted by Crippen LogP contribution is -2.25. The number of hydrogen-bond acceptors (Lipinski definition) is 3. The molecule has 0 amide bonds. The van der Waals surface area contributed by atoms with E-state index >= 15 is 0 Å². The summed E-state index contributed by atoms with van der Waals surface area (Å²) in [5.74, 6) is 1.26. The molecule has 2 heterocycles. The summed E-state index contributed by atoms with van der Waals surface area (Å²) in [5.41, 5.74) is 1.29. The van der Waals surface area contributed by atoms with Crippen LogP contribution in [0.3, 0.4) is 0 Å². The third-order valence-corrected chi connectivity index (χ3v) is 3.22. The van der Waals surface area contributed by atoms with Crippen molar-refractivity contribution < 1.29 is 0 Å². The first-order valence-electron chi connectivity index (χ1n) is 4.22. The number of hydrogen-bond donors (Lipinski definition) is 1. The van der Waals surface area contributed by atoms with Crippen LogP contribution in [0.1, 0.15) is 17.4 Å². The van der Waals surface area contributed by atoms with Crippen molar-refractivity contribution in [3.63, 3.8) is 0 Å². The maximum atomic E-state index is 4.11. The minimum Gasteiger partial charge on any atom is -0.302 e. The summed E-state index contributed by atoms with van der Waals surface area (Å²) >= 11 is 1.97. The second-order valence-corrected chi connectivity index (χ2v) is 4.06. The fraction of sp³-hybridized carbons (Fsp3) is 0.444. The maximum Gasteiger partial charge on any atom is 0.0804 e. The molecular formula is C9H12N2S. The Morgan fingerprint density at radius 3 is 3.25 bits per heavy atom. The van der Waals surface area contributed by atoms with E-state index in [1.54, 1.807) is 0 Å². The van der Waals surface area contributed by atoms with E-state index in [9.17, 15) is 0 Å². The number of nitrogens with one attached hydrogen (secondary N) is 1. The zero-order valence-corrected chi connectivity index (χ0v) is 7.68. The smallest absolute Gasteiger partial charge is 0.0804 e. The van der Waals surface area contributed by atoms with Crippen molar-refractivity contribution in [2.45, 2.75) is 11.8 Å². The second kappa shape index (κ2) is 3.92. The number of nitrogens with zero attached hydrogens (tertiary/aromatic N) is 1. The van der Waals surface area contributed by atoms with E-state index in [-0.39, 0.29) is 0 Å². The van der Waals surface area contributed by atoms with Crippen molar-refractivity contribution in [2.24, 2.45) is 0 Å². The highest BCUT2D eigenvalue weighted by atomic mass is 32.2. The minimum atomic E-state index is 0.465. The van der Waals surface area contributed by atoms with Gasteiger partial charge < -0.3 is 5.32 Å². The van der Waals surface area contributed by atoms with E-state index in [4.69, 9.17) is 0 Å². The lowest BCUT2D eigenvalue weighted by molar-refractivity contribution is 0.641. The van der Waals surface area contributed by atoms with Crippen LogP contribution in [-0.4, -0.2) is 17.3 Å². The Labute approximate surface area is 76.8 Å². The van der Waals surface area contributed by atoms with Gasteiger partial charge in [0.25, 0.3) is 0 Å². The largest absolute Gasteiger partial charge is 0.302 e. The maximum absolute atomic E-state index is 4.11. The van der Waals surface area contributed by atoms with Crippen LogP contribution in [0.15, 0.2) is 24.5 Å². The molecule has 1 aliphatic rings. The topological polar surface area (TPSA) is 24.9 Å². The van der Waals surface area contributed by atoms with Gasteiger partial charge in [0.2, 0.25) is 0 Å². The molecule has 2 rings (SSSR count). The minimum absolute atomic E-state index is 0.465. The van der Waals surface area contributed by atoms with Gasteiger partial charge in [0, 0.05) is 12.4 Å². The van der Waals surface area contributed by atoms with Gasteiger partial charge in [-0.1, -0.05) is 6.07 Å². The van der Waals surface area contributed by atoms with E-state index in [1.807, 2.05) is 30.2 Å². The molecule has 0 radical (unpaired) electrons. The molecule has 1 aromatic heterocycles. The van der Waals surface area contributed by atoms with E-state index < -0.39 is 0 Å². The van der Waals surface area contributed by atoms with E-state index in [2.05, 4.69) is 16.4 Å². The Kier molecular flexibility index (Phi) is 2.64. The van der Waals surface area contributed by atoms with Crippen molar-refractivity contribution >= 4 is 11.8 Å². The molecule has 1 N–H and O–H groups in total. The van der Waals surface area contributed by atoms with Gasteiger partial charge in [-0.05, 0) is 30.3 Å². The highest BCUT2D eigenvalue weighted by Gasteiger charge is 2.14. The fourth-order valence-electron chi connectivity index (χ4n) is 1.31. The summed E-state index contributed by atoms with van der Waals surface area (Å²) in [6.07, 6.45) is 5.04. The predicted octanol–water partition coefficient (Wildman–Crippen LogP) is 1.81. The van der Waals surface area contributed by atoms with Crippen LogP contribution < -0.4 is 5.32 Å². The monoisotopic (exact) mass is 180 g/mol. The average molecular weight is 180 g/mol. The quantitative estimate of drug-likeness (QED) is 0.713. The standard InChI is InChI=1S/C9H12N2S/c1-3-8(7-10-4-1)9-11-5-2-6-12-9/h1,3-4,7,9,11H,2,5-6H2. The van der Waals surface area contributed by atoms with Gasteiger partial charge in [0.15, 0.2) is 0 Å². The molecule has 3 heteroatoms. The summed E-state index contributed by atoms with van der Waals surface area (Å²) < 4.78 is 0. The molecule has 1 saturated heterocycles. The van der Waals surface area contributed by atoms with Crippen LogP contribution in [0.25, 0.3) is 0 Å². The van der Waals surface area contributed by atoms with Gasteiger partial charge in [0.1, 0.15) is 0 Å². The first-order valence-corrected chi connectivity index (χ1v) is 5.26. The van der Waals surface area contributed by atoms with Crippen LogP contribution in [0.4, 0.5) is 0 Å². The number of aromatic nitrogens is 1. The molecule has 1 atom stereocenters. The molecular weight excluding hydrogens is 168 g/mol. The lowest BCUT2D eigenvalue weighted by atomic mass is 10.3. The molecule has 1 unspecified atom stereocenters. The highest BCUT2D eigenvalue weighted by molar-refractivity contribution is 7.99. The van der Waals surface area contributed by atoms with E-state index in [0.717, 1.165) is 6.54 Å². The van der Waals surface area contributed by atoms with Crippen LogP contribution in [-0.2, 0) is 0 Å². The zero-order valence-electron chi connectivity index (χ0n) is 6.86. The van der Waals surface area contributed by atoms with Gasteiger partial charge in [-0.15, -0.1) is 11.8 Å². The molecule has 0 aliphatic carbocycles. The first-order chi connectivity index (χ1) is 5.97. The van der Waals surface area contributed by atoms with Gasteiger partial charge in [0.05, 0.1) is 5.37 Å². The number of pyridine rings is 1. The molecule has 1 aromatic rings. The summed E-state index contributed by atoms with van der Waals surface area (Å²) in [4.78, 5) is 4.11. The Morgan fingerprint density at radius 2 is 2.58 bits per heavy atom. The van der Waals surface area contributed by atoms with Crippen molar-refractivity contribution in [3.05, 3.63) is 30.1 Å². The number of thioether (sulfide) groups is 1. The molecule has 0 saturated carbocycles. The van der Waals surface area contributed by atoms with Crippen LogP contribution in [0.2, 0.25) is 0 Å². The van der Waals surface area contributed by atoms with Gasteiger partial charge in [-0.2, -0.15) is 0 Å². The summed E-state index contributed by atoms with van der Waals surface area (Å²) in [6.45, 7) is 1.13. The van der Waals surface area contributed by atoms with Crippen molar-refractivity contribution in [1.29, 1.82) is 0 Å². The van der Waals surface area contributed by atoms with Crippen molar-refractivity contribution in [2.75, 3.05) is 12.3 Å². The summed E-state index contributed by atoms with van der Waals surface area (Å²) in [5, 5.41) is 3.92. The summed E-state index contributed by atoms with van der Waals surface area (Å²) in [7, 11) is 0. The van der Waals surface area contributed by atoms with Crippen molar-refractivity contribution in [1.82, 2.24) is 10.3 Å². The molecule has 1 fully saturated rings.